The van der Waals surface area contributed by atoms with Crippen LogP contribution in [0.5, 0.6) is 11.5 Å². The topological polar surface area (TPSA) is 47.6 Å². The highest BCUT2D eigenvalue weighted by Gasteiger charge is 2.24. The molecule has 2 aromatic carbocycles. The maximum atomic E-state index is 12.9. The van der Waals surface area contributed by atoms with Crippen molar-refractivity contribution in [1.29, 1.82) is 0 Å². The van der Waals surface area contributed by atoms with Crippen molar-refractivity contribution >= 4 is 5.97 Å². The lowest BCUT2D eigenvalue weighted by atomic mass is 9.97. The summed E-state index contributed by atoms with van der Waals surface area (Å²) in [5.41, 5.74) is 0.455. The van der Waals surface area contributed by atoms with Gasteiger partial charge in [0, 0.05) is 12.5 Å². The highest BCUT2D eigenvalue weighted by Crippen LogP contribution is 2.24. The van der Waals surface area contributed by atoms with Crippen LogP contribution in [0.2, 0.25) is 0 Å². The second kappa shape index (κ2) is 8.81. The molecule has 0 radical (unpaired) electrons. The zero-order valence-corrected chi connectivity index (χ0v) is 15.7. The molecule has 0 bridgehead atoms. The van der Waals surface area contributed by atoms with Gasteiger partial charge >= 0.3 is 5.97 Å². The van der Waals surface area contributed by atoms with E-state index in [1.807, 2.05) is 46.0 Å². The van der Waals surface area contributed by atoms with Crippen molar-refractivity contribution in [2.45, 2.75) is 33.2 Å². The largest absolute Gasteiger partial charge is 0.494 e. The molecule has 1 unspecified atom stereocenters. The number of hydrogen-bond donors (Lipinski definition) is 1. The number of ether oxygens (including phenoxy) is 2. The molecular weight excluding hydrogens is 333 g/mol. The minimum absolute atomic E-state index is 0.0451. The van der Waals surface area contributed by atoms with Gasteiger partial charge in [-0.15, -0.1) is 0 Å². The molecule has 4 nitrogen and oxygen atoms in total. The molecule has 0 fully saturated rings. The van der Waals surface area contributed by atoms with Gasteiger partial charge in [-0.3, -0.25) is 4.79 Å². The molecule has 0 saturated heterocycles. The SMILES string of the molecule is CNC(CCOc1ccc(F)cc1)c1cccc(OC(=O)C(C)(C)C)c1. The fourth-order valence-electron chi connectivity index (χ4n) is 2.36. The van der Waals surface area contributed by atoms with E-state index >= 15 is 0 Å². The standard InChI is InChI=1S/C21H26FNO3/c1-21(2,3)20(24)26-18-7-5-6-15(14-18)19(23-4)12-13-25-17-10-8-16(22)9-11-17/h5-11,14,19,23H,12-13H2,1-4H3. The maximum absolute atomic E-state index is 12.9. The van der Waals surface area contributed by atoms with Crippen LogP contribution >= 0.6 is 0 Å². The van der Waals surface area contributed by atoms with E-state index < -0.39 is 5.41 Å². The van der Waals surface area contributed by atoms with Crippen LogP contribution in [0, 0.1) is 11.2 Å². The van der Waals surface area contributed by atoms with Crippen molar-refractivity contribution in [1.82, 2.24) is 5.32 Å². The molecule has 0 aliphatic rings. The second-order valence-corrected chi connectivity index (χ2v) is 7.14. The highest BCUT2D eigenvalue weighted by atomic mass is 19.1. The van der Waals surface area contributed by atoms with E-state index in [-0.39, 0.29) is 17.8 Å². The summed E-state index contributed by atoms with van der Waals surface area (Å²) in [6, 6.07) is 13.5. The van der Waals surface area contributed by atoms with Gasteiger partial charge in [0.25, 0.3) is 0 Å². The summed E-state index contributed by atoms with van der Waals surface area (Å²) < 4.78 is 24.0. The van der Waals surface area contributed by atoms with Crippen LogP contribution in [-0.4, -0.2) is 19.6 Å². The molecule has 0 amide bonds. The molecule has 0 aliphatic heterocycles. The van der Waals surface area contributed by atoms with Crippen molar-refractivity contribution in [2.75, 3.05) is 13.7 Å². The van der Waals surface area contributed by atoms with Gasteiger partial charge in [0.2, 0.25) is 0 Å². The van der Waals surface area contributed by atoms with Gasteiger partial charge in [-0.1, -0.05) is 12.1 Å². The Morgan fingerprint density at radius 2 is 1.81 bits per heavy atom. The van der Waals surface area contributed by atoms with Crippen LogP contribution in [0.1, 0.15) is 38.8 Å². The first-order valence-corrected chi connectivity index (χ1v) is 8.67. The predicted octanol–water partition coefficient (Wildman–Crippen LogP) is 4.51. The molecule has 1 N–H and O–H groups in total. The first-order valence-electron chi connectivity index (χ1n) is 8.67. The van der Waals surface area contributed by atoms with E-state index in [0.717, 1.165) is 5.56 Å². The number of esters is 1. The molecule has 0 saturated carbocycles. The Morgan fingerprint density at radius 1 is 1.12 bits per heavy atom. The van der Waals surface area contributed by atoms with Crippen molar-refractivity contribution < 1.29 is 18.7 Å². The Balaban J connectivity index is 1.97. The normalized spacial score (nSPS) is 12.5. The summed E-state index contributed by atoms with van der Waals surface area (Å²) >= 11 is 0. The summed E-state index contributed by atoms with van der Waals surface area (Å²) in [4.78, 5) is 12.1. The Labute approximate surface area is 154 Å². The Morgan fingerprint density at radius 3 is 2.42 bits per heavy atom. The number of carbonyl (C=O) groups is 1. The molecule has 5 heteroatoms. The van der Waals surface area contributed by atoms with Gasteiger partial charge in [0.1, 0.15) is 17.3 Å². The number of hydrogen-bond acceptors (Lipinski definition) is 4. The van der Waals surface area contributed by atoms with Gasteiger partial charge in [-0.25, -0.2) is 4.39 Å². The molecule has 140 valence electrons. The Hall–Kier alpha value is -2.40. The third-order valence-corrected chi connectivity index (χ3v) is 3.92. The first kappa shape index (κ1) is 19.9. The van der Waals surface area contributed by atoms with Crippen molar-refractivity contribution in [3.63, 3.8) is 0 Å². The summed E-state index contributed by atoms with van der Waals surface area (Å²) in [7, 11) is 1.87. The van der Waals surface area contributed by atoms with E-state index in [9.17, 15) is 9.18 Å². The molecule has 0 spiro atoms. The Bertz CT molecular complexity index is 723. The highest BCUT2D eigenvalue weighted by molar-refractivity contribution is 5.77. The predicted molar refractivity (Wildman–Crippen MR) is 99.8 cm³/mol. The average Bonchev–Trinajstić information content (AvgIpc) is 2.60. The number of benzene rings is 2. The maximum Gasteiger partial charge on any atom is 0.316 e. The lowest BCUT2D eigenvalue weighted by Crippen LogP contribution is -2.25. The van der Waals surface area contributed by atoms with E-state index in [1.54, 1.807) is 18.2 Å². The molecule has 2 rings (SSSR count). The van der Waals surface area contributed by atoms with Crippen molar-refractivity contribution in [3.05, 3.63) is 59.9 Å². The third-order valence-electron chi connectivity index (χ3n) is 3.92. The zero-order chi connectivity index (χ0) is 19.2. The van der Waals surface area contributed by atoms with E-state index in [1.165, 1.54) is 12.1 Å². The average molecular weight is 359 g/mol. The minimum Gasteiger partial charge on any atom is -0.494 e. The smallest absolute Gasteiger partial charge is 0.316 e. The van der Waals surface area contributed by atoms with Crippen LogP contribution in [0.4, 0.5) is 4.39 Å². The number of rotatable bonds is 7. The molecule has 2 aromatic rings. The van der Waals surface area contributed by atoms with Gasteiger partial charge in [-0.05, 0) is 69.8 Å². The molecule has 0 aromatic heterocycles. The van der Waals surface area contributed by atoms with Crippen LogP contribution < -0.4 is 14.8 Å². The number of nitrogens with one attached hydrogen (secondary N) is 1. The minimum atomic E-state index is -0.554. The second-order valence-electron chi connectivity index (χ2n) is 7.14. The van der Waals surface area contributed by atoms with Crippen molar-refractivity contribution in [2.24, 2.45) is 5.41 Å². The first-order chi connectivity index (χ1) is 12.3. The monoisotopic (exact) mass is 359 g/mol. The van der Waals surface area contributed by atoms with Crippen LogP contribution in [0.3, 0.4) is 0 Å². The van der Waals surface area contributed by atoms with Gasteiger partial charge < -0.3 is 14.8 Å². The molecular formula is C21H26FNO3. The van der Waals surface area contributed by atoms with E-state index in [2.05, 4.69) is 5.32 Å². The van der Waals surface area contributed by atoms with Gasteiger partial charge in [0.15, 0.2) is 0 Å². The molecule has 0 aliphatic carbocycles. The van der Waals surface area contributed by atoms with Crippen LogP contribution in [0.25, 0.3) is 0 Å². The van der Waals surface area contributed by atoms with E-state index in [0.29, 0.717) is 24.5 Å². The van der Waals surface area contributed by atoms with Crippen LogP contribution in [0.15, 0.2) is 48.5 Å². The fraction of sp³-hybridized carbons (Fsp3) is 0.381. The number of carbonyl (C=O) groups excluding carboxylic acids is 1. The molecule has 1 atom stereocenters. The quantitative estimate of drug-likeness (QED) is 0.584. The van der Waals surface area contributed by atoms with Crippen molar-refractivity contribution in [3.8, 4) is 11.5 Å². The van der Waals surface area contributed by atoms with Crippen LogP contribution in [-0.2, 0) is 4.79 Å². The van der Waals surface area contributed by atoms with Gasteiger partial charge in [0.05, 0.1) is 12.0 Å². The lowest BCUT2D eigenvalue weighted by Gasteiger charge is -2.19. The summed E-state index contributed by atoms with van der Waals surface area (Å²) in [6.45, 7) is 5.94. The molecule has 0 heterocycles. The fourth-order valence-corrected chi connectivity index (χ4v) is 2.36. The number of halogens is 1. The summed E-state index contributed by atoms with van der Waals surface area (Å²) in [5.74, 6) is 0.610. The summed E-state index contributed by atoms with van der Waals surface area (Å²) in [6.07, 6.45) is 0.713. The Kier molecular flexibility index (Phi) is 6.75. The third kappa shape index (κ3) is 5.85. The lowest BCUT2D eigenvalue weighted by molar-refractivity contribution is -0.143. The van der Waals surface area contributed by atoms with E-state index in [4.69, 9.17) is 9.47 Å². The summed E-state index contributed by atoms with van der Waals surface area (Å²) in [5, 5.41) is 3.24. The van der Waals surface area contributed by atoms with Gasteiger partial charge in [-0.2, -0.15) is 0 Å². The zero-order valence-electron chi connectivity index (χ0n) is 15.7. The molecule has 26 heavy (non-hydrogen) atoms.